The smallest absolute Gasteiger partial charge is 0.0988 e. The predicted molar refractivity (Wildman–Crippen MR) is 39.9 cm³/mol. The van der Waals surface area contributed by atoms with Gasteiger partial charge in [-0.05, 0) is 20.3 Å². The molecule has 0 bridgehead atoms. The molecule has 2 nitrogen and oxygen atoms in total. The van der Waals surface area contributed by atoms with Crippen molar-refractivity contribution in [2.45, 2.75) is 32.8 Å². The Kier molecular flexibility index (Phi) is 7.61. The minimum atomic E-state index is -0.700. The Balaban J connectivity index is 0. The molecule has 0 aromatic rings. The first-order valence-corrected chi connectivity index (χ1v) is 3.21. The summed E-state index contributed by atoms with van der Waals surface area (Å²) in [5.74, 6) is 0. The number of aliphatic hydroxyl groups is 1. The summed E-state index contributed by atoms with van der Waals surface area (Å²) in [6.07, 6.45) is 0.718. The summed E-state index contributed by atoms with van der Waals surface area (Å²) < 4.78 is 0. The van der Waals surface area contributed by atoms with Crippen molar-refractivity contribution in [3.8, 4) is 0 Å². The summed E-state index contributed by atoms with van der Waals surface area (Å²) in [7, 11) is 1.69. The normalized spacial score (nSPS) is 17.5. The van der Waals surface area contributed by atoms with Crippen LogP contribution in [0.2, 0.25) is 0 Å². The molecule has 1 N–H and O–H groups in total. The first-order chi connectivity index (χ1) is 4.04. The van der Waals surface area contributed by atoms with Gasteiger partial charge in [0.1, 0.15) is 0 Å². The maximum absolute atomic E-state index is 9.46. The fourth-order valence-corrected chi connectivity index (χ4v) is 0.497. The van der Waals surface area contributed by atoms with Gasteiger partial charge in [0.05, 0.1) is 5.60 Å². The van der Waals surface area contributed by atoms with Crippen molar-refractivity contribution in [2.24, 2.45) is 4.99 Å². The third kappa shape index (κ3) is 3.98. The van der Waals surface area contributed by atoms with E-state index in [0.717, 1.165) is 12.1 Å². The van der Waals surface area contributed by atoms with E-state index in [9.17, 15) is 5.11 Å². The number of hydrogen-bond donors (Lipinski definition) is 1. The van der Waals surface area contributed by atoms with Crippen LogP contribution in [0, 0.1) is 40.8 Å². The molecule has 1 atom stereocenters. The van der Waals surface area contributed by atoms with E-state index < -0.39 is 5.60 Å². The molecule has 0 aliphatic rings. The molecule has 58 valence electrons. The Bertz CT molecular complexity index is 121. The molecule has 0 radical (unpaired) electrons. The fraction of sp³-hybridized carbons (Fsp3) is 0.857. The summed E-state index contributed by atoms with van der Waals surface area (Å²) >= 11 is 0. The van der Waals surface area contributed by atoms with Crippen LogP contribution >= 0.6 is 0 Å². The van der Waals surface area contributed by atoms with E-state index in [1.165, 1.54) is 0 Å². The van der Waals surface area contributed by atoms with Gasteiger partial charge >= 0.3 is 0 Å². The Morgan fingerprint density at radius 1 is 1.60 bits per heavy atom. The summed E-state index contributed by atoms with van der Waals surface area (Å²) in [4.78, 5) is 3.90. The monoisotopic (exact) mass is 271 g/mol. The molecule has 0 aromatic carbocycles. The van der Waals surface area contributed by atoms with E-state index >= 15 is 0 Å². The average Bonchev–Trinajstić information content (AvgIpc) is 1.86. The largest absolute Gasteiger partial charge is 0.384 e. The Morgan fingerprint density at radius 3 is 2.10 bits per heavy atom. The van der Waals surface area contributed by atoms with Crippen LogP contribution in [0.25, 0.3) is 0 Å². The van der Waals surface area contributed by atoms with Gasteiger partial charge in [0.15, 0.2) is 0 Å². The zero-order valence-corrected chi connectivity index (χ0v) is 10.3. The van der Waals surface area contributed by atoms with Crippen molar-refractivity contribution in [3.63, 3.8) is 0 Å². The molecule has 0 aliphatic heterocycles. The summed E-state index contributed by atoms with van der Waals surface area (Å²) in [6.45, 7) is 5.55. The molecule has 0 fully saturated rings. The molecule has 0 rings (SSSR count). The maximum Gasteiger partial charge on any atom is 0.0988 e. The van der Waals surface area contributed by atoms with Crippen molar-refractivity contribution < 1.29 is 45.9 Å². The molecule has 0 saturated carbocycles. The molecule has 0 aromatic heterocycles. The second kappa shape index (κ2) is 5.61. The van der Waals surface area contributed by atoms with Crippen LogP contribution in [0.4, 0.5) is 0 Å². The third-order valence-corrected chi connectivity index (χ3v) is 1.80. The topological polar surface area (TPSA) is 32.6 Å². The van der Waals surface area contributed by atoms with Crippen LogP contribution in [-0.2, 0) is 0 Å². The van der Waals surface area contributed by atoms with E-state index in [1.807, 2.05) is 13.8 Å². The molecule has 0 heterocycles. The van der Waals surface area contributed by atoms with Crippen LogP contribution in [0.1, 0.15) is 27.2 Å². The van der Waals surface area contributed by atoms with Gasteiger partial charge in [-0.1, -0.05) is 6.92 Å². The van der Waals surface area contributed by atoms with Crippen LogP contribution in [-0.4, -0.2) is 23.5 Å². The van der Waals surface area contributed by atoms with Crippen molar-refractivity contribution in [3.05, 3.63) is 0 Å². The van der Waals surface area contributed by atoms with Gasteiger partial charge in [-0.2, -0.15) is 0 Å². The zero-order valence-electron chi connectivity index (χ0n) is 7.10. The maximum atomic E-state index is 9.46. The van der Waals surface area contributed by atoms with E-state index in [2.05, 4.69) is 4.99 Å². The van der Waals surface area contributed by atoms with Crippen LogP contribution in [0.15, 0.2) is 4.99 Å². The van der Waals surface area contributed by atoms with Crippen molar-refractivity contribution >= 4 is 5.71 Å². The second-order valence-corrected chi connectivity index (χ2v) is 2.44. The average molecular weight is 273 g/mol. The number of hydrogen-bond acceptors (Lipinski definition) is 2. The number of rotatable bonds is 2. The van der Waals surface area contributed by atoms with Gasteiger partial charge in [-0.15, -0.1) is 0 Å². The van der Waals surface area contributed by atoms with E-state index in [1.54, 1.807) is 14.0 Å². The minimum Gasteiger partial charge on any atom is -0.384 e. The van der Waals surface area contributed by atoms with Crippen molar-refractivity contribution in [1.29, 1.82) is 0 Å². The van der Waals surface area contributed by atoms with Crippen LogP contribution in [0.3, 0.4) is 0 Å². The van der Waals surface area contributed by atoms with Gasteiger partial charge in [0.2, 0.25) is 0 Å². The molecule has 0 spiro atoms. The van der Waals surface area contributed by atoms with Crippen molar-refractivity contribution in [2.75, 3.05) is 7.05 Å². The van der Waals surface area contributed by atoms with Gasteiger partial charge in [0.25, 0.3) is 0 Å². The number of aliphatic imine (C=N–C) groups is 1. The van der Waals surface area contributed by atoms with Gasteiger partial charge in [-0.3, -0.25) is 4.99 Å². The zero-order chi connectivity index (χ0) is 7.49. The first-order valence-electron chi connectivity index (χ1n) is 3.21. The molecule has 3 heteroatoms. The third-order valence-electron chi connectivity index (χ3n) is 1.80. The molecule has 10 heavy (non-hydrogen) atoms. The Morgan fingerprint density at radius 2 is 2.00 bits per heavy atom. The molecule has 0 saturated heterocycles. The van der Waals surface area contributed by atoms with Gasteiger partial charge in [-0.25, -0.2) is 0 Å². The molecular weight excluding hydrogens is 258 g/mol. The summed E-state index contributed by atoms with van der Waals surface area (Å²) in [6, 6.07) is 0. The molecule has 1 unspecified atom stereocenters. The molecule has 0 aliphatic carbocycles. The fourth-order valence-electron chi connectivity index (χ4n) is 0.497. The molecule has 0 amide bonds. The van der Waals surface area contributed by atoms with Crippen LogP contribution < -0.4 is 0 Å². The minimum absolute atomic E-state index is 0. The van der Waals surface area contributed by atoms with Crippen molar-refractivity contribution in [1.82, 2.24) is 0 Å². The molecular formula is C7H15NNdO. The van der Waals surface area contributed by atoms with E-state index in [0.29, 0.717) is 0 Å². The predicted octanol–water partition coefficient (Wildman–Crippen LogP) is 1.24. The van der Waals surface area contributed by atoms with E-state index in [4.69, 9.17) is 0 Å². The van der Waals surface area contributed by atoms with Crippen LogP contribution in [0.5, 0.6) is 0 Å². The quantitative estimate of drug-likeness (QED) is 0.754. The number of nitrogens with zero attached hydrogens (tertiary/aromatic N) is 1. The summed E-state index contributed by atoms with van der Waals surface area (Å²) in [5.41, 5.74) is 0.0966. The SMILES string of the molecule is CCC(C)(O)C(C)=NC.[Nd]. The Hall–Kier alpha value is 0.981. The second-order valence-electron chi connectivity index (χ2n) is 2.44. The van der Waals surface area contributed by atoms with Gasteiger partial charge in [0, 0.05) is 53.6 Å². The van der Waals surface area contributed by atoms with Gasteiger partial charge < -0.3 is 5.11 Å². The van der Waals surface area contributed by atoms with E-state index in [-0.39, 0.29) is 40.8 Å². The first kappa shape index (κ1) is 13.6. The Labute approximate surface area is 95.6 Å². The summed E-state index contributed by atoms with van der Waals surface area (Å²) in [5, 5.41) is 9.46. The standard InChI is InChI=1S/C7H15NO.Nd/c1-5-7(3,9)6(2)8-4;/h9H,5H2,1-4H3;.